The molecule has 9 heteroatoms. The number of methoxy groups -OCH3 is 1. The van der Waals surface area contributed by atoms with Crippen LogP contribution in [0.1, 0.15) is 65.9 Å². The van der Waals surface area contributed by atoms with Gasteiger partial charge in [-0.3, -0.25) is 19.2 Å². The standard InChI is InChI=1S/C31H38O9/c1-16-25(29(6)11-9-22(34)28(4,5)21(29)14-24(35)36-8)26(38-17(2)32)27(39-18(3)33)30(7)20(19-10-12-37-15-19)13-23-31(16,30)40-23/h9-12,15,20-21,23,25-27H,1,13-14H2,2-8H3/t20-,21+,23-,25-,26-,27+,29+,30-,31-/m1/s1. The molecular weight excluding hydrogens is 516 g/mol. The third kappa shape index (κ3) is 3.69. The highest BCUT2D eigenvalue weighted by atomic mass is 16.6. The molecule has 0 bridgehead atoms. The van der Waals surface area contributed by atoms with Gasteiger partial charge < -0.3 is 23.4 Å². The normalized spacial score (nSPS) is 41.1. The molecule has 0 amide bonds. The second-order valence-electron chi connectivity index (χ2n) is 12.7. The number of ketones is 1. The molecule has 216 valence electrons. The Morgan fingerprint density at radius 3 is 2.35 bits per heavy atom. The van der Waals surface area contributed by atoms with Crippen LogP contribution in [-0.2, 0) is 38.1 Å². The summed E-state index contributed by atoms with van der Waals surface area (Å²) in [4.78, 5) is 51.2. The topological polar surface area (TPSA) is 122 Å². The van der Waals surface area contributed by atoms with Gasteiger partial charge >= 0.3 is 17.9 Å². The molecule has 0 aromatic carbocycles. The van der Waals surface area contributed by atoms with Crippen molar-refractivity contribution in [1.29, 1.82) is 0 Å². The summed E-state index contributed by atoms with van der Waals surface area (Å²) >= 11 is 0. The van der Waals surface area contributed by atoms with Crippen molar-refractivity contribution in [2.75, 3.05) is 7.11 Å². The fraction of sp³-hybridized carbons (Fsp3) is 0.613. The molecule has 9 atom stereocenters. The molecule has 0 radical (unpaired) electrons. The first-order chi connectivity index (χ1) is 18.7. The molecule has 3 fully saturated rings. The lowest BCUT2D eigenvalue weighted by Crippen LogP contribution is -2.66. The molecule has 40 heavy (non-hydrogen) atoms. The summed E-state index contributed by atoms with van der Waals surface area (Å²) in [5, 5.41) is 0. The average molecular weight is 555 g/mol. The number of ether oxygens (including phenoxy) is 4. The Morgan fingerprint density at radius 2 is 1.77 bits per heavy atom. The average Bonchev–Trinajstić information content (AvgIpc) is 3.22. The van der Waals surface area contributed by atoms with Crippen LogP contribution in [0, 0.1) is 28.1 Å². The number of carbonyl (C=O) groups excluding carboxylic acids is 4. The first-order valence-corrected chi connectivity index (χ1v) is 13.7. The number of esters is 3. The van der Waals surface area contributed by atoms with Crippen LogP contribution in [0.2, 0.25) is 0 Å². The Hall–Kier alpha value is -3.20. The summed E-state index contributed by atoms with van der Waals surface area (Å²) < 4.78 is 29.2. The van der Waals surface area contributed by atoms with Crippen LogP contribution in [0.25, 0.3) is 0 Å². The molecule has 2 saturated carbocycles. The number of epoxide rings is 1. The Morgan fingerprint density at radius 1 is 1.10 bits per heavy atom. The van der Waals surface area contributed by atoms with E-state index >= 15 is 0 Å². The van der Waals surface area contributed by atoms with Crippen LogP contribution in [-0.4, -0.2) is 54.7 Å². The molecule has 1 aromatic rings. The minimum absolute atomic E-state index is 0.0446. The minimum atomic E-state index is -0.972. The number of rotatable bonds is 6. The second kappa shape index (κ2) is 9.16. The minimum Gasteiger partial charge on any atom is -0.472 e. The van der Waals surface area contributed by atoms with Gasteiger partial charge in [0.1, 0.15) is 17.8 Å². The Bertz CT molecular complexity index is 1290. The predicted octanol–water partition coefficient (Wildman–Crippen LogP) is 4.31. The predicted molar refractivity (Wildman–Crippen MR) is 142 cm³/mol. The van der Waals surface area contributed by atoms with Crippen molar-refractivity contribution >= 4 is 23.7 Å². The van der Waals surface area contributed by atoms with E-state index in [2.05, 4.69) is 6.58 Å². The van der Waals surface area contributed by atoms with Crippen LogP contribution in [0.3, 0.4) is 0 Å². The highest BCUT2D eigenvalue weighted by Crippen LogP contribution is 2.76. The van der Waals surface area contributed by atoms with E-state index in [9.17, 15) is 19.2 Å². The molecule has 1 saturated heterocycles. The monoisotopic (exact) mass is 554 g/mol. The van der Waals surface area contributed by atoms with Gasteiger partial charge in [-0.1, -0.05) is 40.3 Å². The molecule has 9 nitrogen and oxygen atoms in total. The Labute approximate surface area is 234 Å². The van der Waals surface area contributed by atoms with E-state index in [1.54, 1.807) is 18.6 Å². The van der Waals surface area contributed by atoms with Crippen LogP contribution in [0.4, 0.5) is 0 Å². The zero-order chi connectivity index (χ0) is 29.4. The largest absolute Gasteiger partial charge is 0.472 e. The molecule has 1 aliphatic heterocycles. The quantitative estimate of drug-likeness (QED) is 0.219. The van der Waals surface area contributed by atoms with Gasteiger partial charge in [-0.15, -0.1) is 0 Å². The Kier molecular flexibility index (Phi) is 6.49. The third-order valence-corrected chi connectivity index (χ3v) is 10.4. The lowest BCUT2D eigenvalue weighted by atomic mass is 9.46. The van der Waals surface area contributed by atoms with Gasteiger partial charge in [0.2, 0.25) is 0 Å². The van der Waals surface area contributed by atoms with E-state index in [-0.39, 0.29) is 24.2 Å². The third-order valence-electron chi connectivity index (χ3n) is 10.4. The van der Waals surface area contributed by atoms with Gasteiger partial charge in [-0.05, 0) is 35.6 Å². The van der Waals surface area contributed by atoms with Gasteiger partial charge in [-0.25, -0.2) is 0 Å². The Balaban J connectivity index is 1.73. The van der Waals surface area contributed by atoms with Crippen molar-refractivity contribution in [1.82, 2.24) is 0 Å². The fourth-order valence-electron chi connectivity index (χ4n) is 8.53. The van der Waals surface area contributed by atoms with E-state index in [1.165, 1.54) is 27.0 Å². The summed E-state index contributed by atoms with van der Waals surface area (Å²) in [6.45, 7) is 14.8. The molecule has 2 heterocycles. The number of furan rings is 1. The number of carbonyl (C=O) groups is 4. The molecule has 0 unspecified atom stereocenters. The van der Waals surface area contributed by atoms with Crippen LogP contribution < -0.4 is 0 Å². The maximum atomic E-state index is 13.1. The van der Waals surface area contributed by atoms with Crippen LogP contribution in [0.15, 0.2) is 47.3 Å². The molecule has 3 aliphatic carbocycles. The van der Waals surface area contributed by atoms with Crippen molar-refractivity contribution in [2.45, 2.75) is 84.2 Å². The smallest absolute Gasteiger partial charge is 0.305 e. The van der Waals surface area contributed by atoms with E-state index in [0.717, 1.165) is 5.56 Å². The van der Waals surface area contributed by atoms with Crippen LogP contribution in [0.5, 0.6) is 0 Å². The van der Waals surface area contributed by atoms with Crippen molar-refractivity contribution < 1.29 is 42.5 Å². The van der Waals surface area contributed by atoms with Crippen molar-refractivity contribution in [3.63, 3.8) is 0 Å². The number of allylic oxidation sites excluding steroid dienone is 2. The van der Waals surface area contributed by atoms with E-state index < -0.39 is 63.8 Å². The lowest BCUT2D eigenvalue weighted by Gasteiger charge is -2.59. The van der Waals surface area contributed by atoms with Crippen molar-refractivity contribution in [2.24, 2.45) is 28.1 Å². The lowest BCUT2D eigenvalue weighted by molar-refractivity contribution is -0.206. The van der Waals surface area contributed by atoms with E-state index in [1.807, 2.05) is 33.8 Å². The molecule has 1 spiro atoms. The summed E-state index contributed by atoms with van der Waals surface area (Å²) in [6.07, 6.45) is 5.12. The van der Waals surface area contributed by atoms with E-state index in [4.69, 9.17) is 23.4 Å². The van der Waals surface area contributed by atoms with Gasteiger partial charge in [-0.2, -0.15) is 0 Å². The van der Waals surface area contributed by atoms with Crippen molar-refractivity contribution in [3.05, 3.63) is 48.5 Å². The maximum Gasteiger partial charge on any atom is 0.305 e. The fourth-order valence-corrected chi connectivity index (χ4v) is 8.53. The van der Waals surface area contributed by atoms with Gasteiger partial charge in [0.05, 0.1) is 37.6 Å². The first-order valence-electron chi connectivity index (χ1n) is 13.7. The highest BCUT2D eigenvalue weighted by Gasteiger charge is 2.84. The summed E-state index contributed by atoms with van der Waals surface area (Å²) in [5.74, 6) is -2.99. The molecular formula is C31H38O9. The van der Waals surface area contributed by atoms with Crippen LogP contribution >= 0.6 is 0 Å². The SMILES string of the molecule is C=C1[C@@H]([C@@]2(C)C=CC(=O)C(C)(C)[C@@H]2CC(=O)OC)[C@@H](OC(C)=O)[C@H](OC(C)=O)[C@@]2(C)[C@@H](c3ccoc3)C[C@H]3O[C@]132. The highest BCUT2D eigenvalue weighted by molar-refractivity contribution is 5.96. The number of hydrogen-bond donors (Lipinski definition) is 0. The number of hydrogen-bond acceptors (Lipinski definition) is 9. The zero-order valence-corrected chi connectivity index (χ0v) is 24.1. The maximum absolute atomic E-state index is 13.1. The molecule has 5 rings (SSSR count). The van der Waals surface area contributed by atoms with Gasteiger partial charge in [0.15, 0.2) is 5.78 Å². The first kappa shape index (κ1) is 28.3. The molecule has 1 aromatic heterocycles. The second-order valence-corrected chi connectivity index (χ2v) is 12.7. The zero-order valence-electron chi connectivity index (χ0n) is 24.1. The summed E-state index contributed by atoms with van der Waals surface area (Å²) in [5.41, 5.74) is -1.98. The summed E-state index contributed by atoms with van der Waals surface area (Å²) in [7, 11) is 1.31. The summed E-state index contributed by atoms with van der Waals surface area (Å²) in [6, 6.07) is 1.89. The van der Waals surface area contributed by atoms with E-state index in [0.29, 0.717) is 12.0 Å². The van der Waals surface area contributed by atoms with Crippen molar-refractivity contribution in [3.8, 4) is 0 Å². The molecule has 4 aliphatic rings. The van der Waals surface area contributed by atoms with Gasteiger partial charge in [0, 0.05) is 36.5 Å². The molecule has 0 N–H and O–H groups in total. The van der Waals surface area contributed by atoms with Gasteiger partial charge in [0.25, 0.3) is 0 Å².